The van der Waals surface area contributed by atoms with Crippen LogP contribution < -0.4 is 16.0 Å². The molecule has 4 rings (SSSR count). The van der Waals surface area contributed by atoms with E-state index in [1.807, 2.05) is 0 Å². The molecule has 0 aromatic heterocycles. The summed E-state index contributed by atoms with van der Waals surface area (Å²) in [4.78, 5) is 61.4. The van der Waals surface area contributed by atoms with Gasteiger partial charge in [0.1, 0.15) is 12.6 Å². The van der Waals surface area contributed by atoms with Gasteiger partial charge in [-0.2, -0.15) is 0 Å². The summed E-state index contributed by atoms with van der Waals surface area (Å²) < 4.78 is 0. The first kappa shape index (κ1) is 22.2. The number of carbonyl (C=O) groups is 5. The smallest absolute Gasteiger partial charge is 0.255 e. The van der Waals surface area contributed by atoms with Crippen molar-refractivity contribution < 1.29 is 29.1 Å². The van der Waals surface area contributed by atoms with Crippen LogP contribution in [-0.2, 0) is 32.1 Å². The molecule has 0 bridgehead atoms. The fraction of sp³-hybridized carbons (Fsp3) is 0.261. The first-order chi connectivity index (χ1) is 15.8. The molecule has 1 saturated heterocycles. The van der Waals surface area contributed by atoms with E-state index in [1.54, 1.807) is 42.5 Å². The Balaban J connectivity index is 1.38. The van der Waals surface area contributed by atoms with E-state index < -0.39 is 24.5 Å². The number of piperidine rings is 1. The zero-order chi connectivity index (χ0) is 23.5. The Labute approximate surface area is 189 Å². The molecule has 4 N–H and O–H groups in total. The molecule has 10 heteroatoms. The number of anilines is 2. The predicted molar refractivity (Wildman–Crippen MR) is 117 cm³/mol. The lowest BCUT2D eigenvalue weighted by atomic mass is 10.0. The van der Waals surface area contributed by atoms with Crippen LogP contribution >= 0.6 is 0 Å². The molecule has 0 aliphatic carbocycles. The molecule has 0 radical (unpaired) electrons. The molecule has 2 aromatic carbocycles. The first-order valence-corrected chi connectivity index (χ1v) is 10.4. The molecule has 2 aliphatic heterocycles. The topological polar surface area (TPSA) is 145 Å². The minimum absolute atomic E-state index is 0.0862. The minimum atomic E-state index is -0.681. The Morgan fingerprint density at radius 3 is 2.30 bits per heavy atom. The molecule has 33 heavy (non-hydrogen) atoms. The summed E-state index contributed by atoms with van der Waals surface area (Å²) in [7, 11) is 0. The van der Waals surface area contributed by atoms with E-state index >= 15 is 0 Å². The van der Waals surface area contributed by atoms with Gasteiger partial charge in [-0.05, 0) is 47.9 Å². The van der Waals surface area contributed by atoms with Crippen LogP contribution in [0.1, 0.15) is 34.3 Å². The summed E-state index contributed by atoms with van der Waals surface area (Å²) in [6, 6.07) is 10.9. The Morgan fingerprint density at radius 2 is 1.67 bits per heavy atom. The number of hydrogen-bond acceptors (Lipinski definition) is 6. The van der Waals surface area contributed by atoms with Gasteiger partial charge in [-0.15, -0.1) is 0 Å². The standard InChI is InChI=1S/C23H22N4O6/c28-12-21(31)25-16-4-2-15(3-5-16)24-20(30)10-13-1-6-17-14(9-13)11-27(23(17)33)18-7-8-19(29)26-22(18)32/h1-6,9,18,28H,7-8,10-12H2,(H,24,30)(H,25,31)(H,26,29,32). The average molecular weight is 450 g/mol. The Hall–Kier alpha value is -4.05. The predicted octanol–water partition coefficient (Wildman–Crippen LogP) is 0.560. The maximum absolute atomic E-state index is 12.8. The molecular formula is C23H22N4O6. The quantitative estimate of drug-likeness (QED) is 0.473. The van der Waals surface area contributed by atoms with Crippen molar-refractivity contribution in [3.05, 3.63) is 59.2 Å². The van der Waals surface area contributed by atoms with Gasteiger partial charge in [0.2, 0.25) is 23.6 Å². The lowest BCUT2D eigenvalue weighted by Crippen LogP contribution is -2.52. The number of benzene rings is 2. The molecule has 1 atom stereocenters. The highest BCUT2D eigenvalue weighted by Gasteiger charge is 2.39. The summed E-state index contributed by atoms with van der Waals surface area (Å²) in [6.07, 6.45) is 0.571. The second-order valence-electron chi connectivity index (χ2n) is 7.90. The Kier molecular flexibility index (Phi) is 6.18. The largest absolute Gasteiger partial charge is 0.387 e. The van der Waals surface area contributed by atoms with Crippen molar-refractivity contribution in [2.24, 2.45) is 0 Å². The number of hydrogen-bond donors (Lipinski definition) is 4. The number of rotatable bonds is 6. The van der Waals surface area contributed by atoms with Crippen molar-refractivity contribution in [3.63, 3.8) is 0 Å². The summed E-state index contributed by atoms with van der Waals surface area (Å²) in [5.74, 6) is -1.84. The van der Waals surface area contributed by atoms with Crippen molar-refractivity contribution in [3.8, 4) is 0 Å². The molecule has 2 heterocycles. The Bertz CT molecular complexity index is 1140. The van der Waals surface area contributed by atoms with Gasteiger partial charge in [-0.1, -0.05) is 12.1 Å². The lowest BCUT2D eigenvalue weighted by molar-refractivity contribution is -0.137. The van der Waals surface area contributed by atoms with E-state index in [4.69, 9.17) is 5.11 Å². The normalized spacial score (nSPS) is 17.4. The minimum Gasteiger partial charge on any atom is -0.387 e. The molecule has 2 aliphatic rings. The van der Waals surface area contributed by atoms with Gasteiger partial charge in [-0.3, -0.25) is 29.3 Å². The SMILES string of the molecule is O=C1CCC(N2Cc3cc(CC(=O)Nc4ccc(NC(=O)CO)cc4)ccc3C2=O)C(=O)N1. The van der Waals surface area contributed by atoms with Crippen molar-refractivity contribution in [2.75, 3.05) is 17.2 Å². The van der Waals surface area contributed by atoms with Crippen LogP contribution in [0.15, 0.2) is 42.5 Å². The molecule has 1 unspecified atom stereocenters. The van der Waals surface area contributed by atoms with Crippen LogP contribution in [0, 0.1) is 0 Å². The van der Waals surface area contributed by atoms with Crippen molar-refractivity contribution in [2.45, 2.75) is 31.8 Å². The van der Waals surface area contributed by atoms with Gasteiger partial charge in [0.15, 0.2) is 0 Å². The van der Waals surface area contributed by atoms with E-state index in [9.17, 15) is 24.0 Å². The number of carbonyl (C=O) groups excluding carboxylic acids is 5. The molecule has 2 aromatic rings. The van der Waals surface area contributed by atoms with Crippen LogP contribution in [0.3, 0.4) is 0 Å². The van der Waals surface area contributed by atoms with E-state index in [1.165, 1.54) is 4.90 Å². The van der Waals surface area contributed by atoms with Crippen LogP contribution in [0.2, 0.25) is 0 Å². The number of nitrogens with one attached hydrogen (secondary N) is 3. The Morgan fingerprint density at radius 1 is 1.00 bits per heavy atom. The fourth-order valence-corrected chi connectivity index (χ4v) is 3.97. The number of amides is 5. The summed E-state index contributed by atoms with van der Waals surface area (Å²) in [5.41, 5.74) is 2.98. The molecule has 0 saturated carbocycles. The molecule has 170 valence electrons. The number of fused-ring (bicyclic) bond motifs is 1. The molecule has 5 amide bonds. The first-order valence-electron chi connectivity index (χ1n) is 10.4. The highest BCUT2D eigenvalue weighted by Crippen LogP contribution is 2.28. The number of imide groups is 1. The van der Waals surface area contributed by atoms with Crippen LogP contribution in [0.4, 0.5) is 11.4 Å². The molecule has 1 fully saturated rings. The van der Waals surface area contributed by atoms with Gasteiger partial charge >= 0.3 is 0 Å². The van der Waals surface area contributed by atoms with E-state index in [0.717, 1.165) is 11.1 Å². The maximum Gasteiger partial charge on any atom is 0.255 e. The summed E-state index contributed by atoms with van der Waals surface area (Å²) in [5, 5.41) is 16.3. The fourth-order valence-electron chi connectivity index (χ4n) is 3.97. The zero-order valence-electron chi connectivity index (χ0n) is 17.6. The molecule has 0 spiro atoms. The van der Waals surface area contributed by atoms with E-state index in [0.29, 0.717) is 23.4 Å². The number of nitrogens with zero attached hydrogens (tertiary/aromatic N) is 1. The zero-order valence-corrected chi connectivity index (χ0v) is 17.6. The van der Waals surface area contributed by atoms with Gasteiger partial charge in [0, 0.05) is 29.9 Å². The van der Waals surface area contributed by atoms with Gasteiger partial charge < -0.3 is 20.6 Å². The van der Waals surface area contributed by atoms with Crippen molar-refractivity contribution >= 4 is 40.9 Å². The van der Waals surface area contributed by atoms with E-state index in [2.05, 4.69) is 16.0 Å². The van der Waals surface area contributed by atoms with Gasteiger partial charge in [0.25, 0.3) is 5.91 Å². The van der Waals surface area contributed by atoms with Crippen LogP contribution in [0.25, 0.3) is 0 Å². The third-order valence-corrected chi connectivity index (χ3v) is 5.55. The number of aliphatic hydroxyl groups is 1. The average Bonchev–Trinajstić information content (AvgIpc) is 3.10. The van der Waals surface area contributed by atoms with Crippen LogP contribution in [-0.4, -0.2) is 52.2 Å². The number of aliphatic hydroxyl groups excluding tert-OH is 1. The van der Waals surface area contributed by atoms with Gasteiger partial charge in [0.05, 0.1) is 6.42 Å². The second-order valence-corrected chi connectivity index (χ2v) is 7.90. The molecular weight excluding hydrogens is 428 g/mol. The van der Waals surface area contributed by atoms with E-state index in [-0.39, 0.29) is 37.1 Å². The lowest BCUT2D eigenvalue weighted by Gasteiger charge is -2.29. The van der Waals surface area contributed by atoms with Crippen LogP contribution in [0.5, 0.6) is 0 Å². The van der Waals surface area contributed by atoms with Crippen molar-refractivity contribution in [1.29, 1.82) is 0 Å². The second kappa shape index (κ2) is 9.21. The summed E-state index contributed by atoms with van der Waals surface area (Å²) >= 11 is 0. The third kappa shape index (κ3) is 4.90. The highest BCUT2D eigenvalue weighted by atomic mass is 16.3. The monoisotopic (exact) mass is 450 g/mol. The van der Waals surface area contributed by atoms with Gasteiger partial charge in [-0.25, -0.2) is 0 Å². The molecule has 10 nitrogen and oxygen atoms in total. The van der Waals surface area contributed by atoms with Crippen molar-refractivity contribution in [1.82, 2.24) is 10.2 Å². The highest BCUT2D eigenvalue weighted by molar-refractivity contribution is 6.05. The summed E-state index contributed by atoms with van der Waals surface area (Å²) in [6.45, 7) is -0.368. The maximum atomic E-state index is 12.8. The third-order valence-electron chi connectivity index (χ3n) is 5.55.